The largest absolute Gasteiger partial charge is 0.508 e. The van der Waals surface area contributed by atoms with Crippen molar-refractivity contribution in [2.45, 2.75) is 0 Å². The van der Waals surface area contributed by atoms with E-state index in [4.69, 9.17) is 9.62 Å². The van der Waals surface area contributed by atoms with E-state index in [2.05, 4.69) is 5.16 Å². The van der Waals surface area contributed by atoms with E-state index in [1.165, 1.54) is 36.4 Å². The van der Waals surface area contributed by atoms with Gasteiger partial charge in [0.25, 0.3) is 0 Å². The van der Waals surface area contributed by atoms with E-state index in [1.54, 1.807) is 12.1 Å². The van der Waals surface area contributed by atoms with Gasteiger partial charge in [-0.2, -0.15) is 0 Å². The van der Waals surface area contributed by atoms with E-state index in [9.17, 15) is 9.50 Å². The second kappa shape index (κ2) is 4.70. The minimum atomic E-state index is -0.435. The van der Waals surface area contributed by atoms with Crippen LogP contribution in [0, 0.1) is 5.82 Å². The highest BCUT2D eigenvalue weighted by molar-refractivity contribution is 5.78. The van der Waals surface area contributed by atoms with Gasteiger partial charge < -0.3 is 14.7 Å². The van der Waals surface area contributed by atoms with Crippen LogP contribution in [-0.2, 0) is 0 Å². The van der Waals surface area contributed by atoms with Crippen LogP contribution >= 0.6 is 0 Å². The Morgan fingerprint density at radius 3 is 2.45 bits per heavy atom. The average molecular weight is 271 g/mol. The molecule has 0 saturated carbocycles. The average Bonchev–Trinajstić information content (AvgIpc) is 2.47. The molecule has 0 atom stereocenters. The summed E-state index contributed by atoms with van der Waals surface area (Å²) < 4.78 is 18.9. The van der Waals surface area contributed by atoms with Gasteiger partial charge in [-0.25, -0.2) is 4.39 Å². The van der Waals surface area contributed by atoms with Gasteiger partial charge in [0.05, 0.1) is 0 Å². The van der Waals surface area contributed by atoms with Crippen LogP contribution in [-0.4, -0.2) is 10.3 Å². The van der Waals surface area contributed by atoms with Gasteiger partial charge in [-0.15, -0.1) is 0 Å². The van der Waals surface area contributed by atoms with Gasteiger partial charge in [-0.3, -0.25) is 0 Å². The lowest BCUT2D eigenvalue weighted by molar-refractivity contribution is 0.302. The molecule has 2 N–H and O–H groups in total. The summed E-state index contributed by atoms with van der Waals surface area (Å²) in [4.78, 5) is 0. The van der Waals surface area contributed by atoms with Crippen LogP contribution < -0.4 is 5.36 Å². The minimum Gasteiger partial charge on any atom is -0.508 e. The molecule has 4 nitrogen and oxygen atoms in total. The van der Waals surface area contributed by atoms with Crippen molar-refractivity contribution in [3.05, 3.63) is 59.7 Å². The van der Waals surface area contributed by atoms with Crippen LogP contribution in [0.1, 0.15) is 0 Å². The molecule has 0 bridgehead atoms. The number of halogens is 1. The Morgan fingerprint density at radius 1 is 1.00 bits per heavy atom. The molecule has 1 heterocycles. The molecule has 0 aliphatic rings. The van der Waals surface area contributed by atoms with Crippen molar-refractivity contribution in [2.24, 2.45) is 5.16 Å². The van der Waals surface area contributed by atoms with Gasteiger partial charge in [0.15, 0.2) is 0 Å². The summed E-state index contributed by atoms with van der Waals surface area (Å²) in [6.07, 6.45) is 0. The lowest BCUT2D eigenvalue weighted by Gasteiger charge is -2.04. The number of hydrogen-bond donors (Lipinski definition) is 2. The van der Waals surface area contributed by atoms with E-state index in [1.807, 2.05) is 0 Å². The molecule has 20 heavy (non-hydrogen) atoms. The molecule has 0 aliphatic heterocycles. The first-order chi connectivity index (χ1) is 9.67. The van der Waals surface area contributed by atoms with E-state index in [-0.39, 0.29) is 11.1 Å². The molecule has 3 aromatic rings. The molecule has 0 radical (unpaired) electrons. The van der Waals surface area contributed by atoms with Crippen LogP contribution in [0.5, 0.6) is 5.75 Å². The summed E-state index contributed by atoms with van der Waals surface area (Å²) in [6, 6.07) is 11.9. The number of phenolic OH excluding ortho intramolecular Hbond substituents is 1. The van der Waals surface area contributed by atoms with Crippen LogP contribution in [0.25, 0.3) is 22.3 Å². The Labute approximate surface area is 113 Å². The SMILES string of the molecule is O/N=c1\cc(-c2ccc(O)cc2)oc2ccc(F)cc12. The maximum Gasteiger partial charge on any atom is 0.137 e. The van der Waals surface area contributed by atoms with Crippen LogP contribution in [0.3, 0.4) is 0 Å². The molecule has 0 fully saturated rings. The van der Waals surface area contributed by atoms with E-state index in [0.29, 0.717) is 22.3 Å². The Bertz CT molecular complexity index is 838. The molecule has 0 spiro atoms. The molecular formula is C15H10FNO3. The maximum atomic E-state index is 13.2. The van der Waals surface area contributed by atoms with Crippen LogP contribution in [0.15, 0.2) is 58.1 Å². The fourth-order valence-electron chi connectivity index (χ4n) is 1.99. The molecule has 0 saturated heterocycles. The predicted molar refractivity (Wildman–Crippen MR) is 70.6 cm³/mol. The second-order valence-electron chi connectivity index (χ2n) is 4.28. The molecular weight excluding hydrogens is 261 g/mol. The summed E-state index contributed by atoms with van der Waals surface area (Å²) in [6.45, 7) is 0. The Hall–Kier alpha value is -2.82. The molecule has 2 aromatic carbocycles. The molecule has 3 rings (SSSR count). The summed E-state index contributed by atoms with van der Waals surface area (Å²) in [5, 5.41) is 22.1. The van der Waals surface area contributed by atoms with Crippen LogP contribution in [0.4, 0.5) is 4.39 Å². The minimum absolute atomic E-state index is 0.142. The number of rotatable bonds is 1. The number of hydrogen-bond acceptors (Lipinski definition) is 4. The monoisotopic (exact) mass is 271 g/mol. The predicted octanol–water partition coefficient (Wildman–Crippen LogP) is 3.23. The lowest BCUT2D eigenvalue weighted by atomic mass is 10.1. The highest BCUT2D eigenvalue weighted by Crippen LogP contribution is 2.24. The number of fused-ring (bicyclic) bond motifs is 1. The van der Waals surface area contributed by atoms with Gasteiger partial charge >= 0.3 is 0 Å². The highest BCUT2D eigenvalue weighted by atomic mass is 19.1. The zero-order valence-corrected chi connectivity index (χ0v) is 10.2. The van der Waals surface area contributed by atoms with Crippen LogP contribution in [0.2, 0.25) is 0 Å². The number of benzene rings is 2. The van der Waals surface area contributed by atoms with E-state index < -0.39 is 5.82 Å². The summed E-state index contributed by atoms with van der Waals surface area (Å²) >= 11 is 0. The smallest absolute Gasteiger partial charge is 0.137 e. The van der Waals surface area contributed by atoms with Gasteiger partial charge in [-0.1, -0.05) is 5.16 Å². The molecule has 5 heteroatoms. The first kappa shape index (κ1) is 12.2. The fraction of sp³-hybridized carbons (Fsp3) is 0. The lowest BCUT2D eigenvalue weighted by Crippen LogP contribution is -2.03. The molecule has 0 aliphatic carbocycles. The van der Waals surface area contributed by atoms with Gasteiger partial charge in [0.2, 0.25) is 0 Å². The van der Waals surface area contributed by atoms with Crippen molar-refractivity contribution in [1.29, 1.82) is 0 Å². The maximum absolute atomic E-state index is 13.2. The Morgan fingerprint density at radius 2 is 1.75 bits per heavy atom. The zero-order valence-electron chi connectivity index (χ0n) is 10.2. The molecule has 100 valence electrons. The first-order valence-corrected chi connectivity index (χ1v) is 5.88. The normalized spacial score (nSPS) is 11.9. The third-order valence-electron chi connectivity index (χ3n) is 2.96. The summed E-state index contributed by atoms with van der Waals surface area (Å²) in [5.74, 6) is 0.163. The van der Waals surface area contributed by atoms with Crippen molar-refractivity contribution in [3.8, 4) is 17.1 Å². The third kappa shape index (κ3) is 2.09. The third-order valence-corrected chi connectivity index (χ3v) is 2.96. The van der Waals surface area contributed by atoms with E-state index >= 15 is 0 Å². The standard InChI is InChI=1S/C15H10FNO3/c16-10-3-6-14-12(7-10)13(17-19)8-15(20-14)9-1-4-11(18)5-2-9/h1-8,18-19H/b17-13+. The summed E-state index contributed by atoms with van der Waals surface area (Å²) in [5.41, 5.74) is 1.11. The topological polar surface area (TPSA) is 66.0 Å². The first-order valence-electron chi connectivity index (χ1n) is 5.88. The van der Waals surface area contributed by atoms with Gasteiger partial charge in [0, 0.05) is 17.0 Å². The fourth-order valence-corrected chi connectivity index (χ4v) is 1.99. The van der Waals surface area contributed by atoms with Crippen molar-refractivity contribution in [1.82, 2.24) is 0 Å². The van der Waals surface area contributed by atoms with Crippen molar-refractivity contribution in [3.63, 3.8) is 0 Å². The quantitative estimate of drug-likeness (QED) is 0.527. The van der Waals surface area contributed by atoms with Gasteiger partial charge in [0.1, 0.15) is 28.3 Å². The highest BCUT2D eigenvalue weighted by Gasteiger charge is 2.07. The van der Waals surface area contributed by atoms with E-state index in [0.717, 1.165) is 0 Å². The Balaban J connectivity index is 2.28. The van der Waals surface area contributed by atoms with Crippen molar-refractivity contribution >= 4 is 11.0 Å². The Kier molecular flexibility index (Phi) is 2.87. The van der Waals surface area contributed by atoms with Gasteiger partial charge in [-0.05, 0) is 42.5 Å². The van der Waals surface area contributed by atoms with Crippen molar-refractivity contribution in [2.75, 3.05) is 0 Å². The van der Waals surface area contributed by atoms with Crippen molar-refractivity contribution < 1.29 is 19.1 Å². The molecule has 1 aromatic heterocycles. The zero-order chi connectivity index (χ0) is 14.1. The molecule has 0 unspecified atom stereocenters. The molecule has 0 amide bonds. The number of phenols is 1. The summed E-state index contributed by atoms with van der Waals surface area (Å²) in [7, 11) is 0. The number of nitrogens with zero attached hydrogens (tertiary/aromatic N) is 1. The second-order valence-corrected chi connectivity index (χ2v) is 4.28. The number of aromatic hydroxyl groups is 1.